The Morgan fingerprint density at radius 3 is 2.64 bits per heavy atom. The molecule has 1 saturated heterocycles. The van der Waals surface area contributed by atoms with Crippen molar-refractivity contribution >= 4 is 39.9 Å². The molecule has 1 aliphatic carbocycles. The fraction of sp³-hybridized carbons (Fsp3) is 0.435. The second-order valence-corrected chi connectivity index (χ2v) is 10.4. The Labute approximate surface area is 200 Å². The third-order valence-electron chi connectivity index (χ3n) is 5.98. The lowest BCUT2D eigenvalue weighted by atomic mass is 10.0. The molecule has 2 amide bonds. The van der Waals surface area contributed by atoms with E-state index in [1.165, 1.54) is 23.1 Å². The van der Waals surface area contributed by atoms with Crippen molar-refractivity contribution < 1.29 is 9.59 Å². The highest BCUT2D eigenvalue weighted by Crippen LogP contribution is 2.41. The van der Waals surface area contributed by atoms with Gasteiger partial charge >= 0.3 is 0 Å². The molecule has 1 aliphatic heterocycles. The van der Waals surface area contributed by atoms with Crippen LogP contribution in [0, 0.1) is 6.92 Å². The smallest absolute Gasteiger partial charge is 0.257 e. The van der Waals surface area contributed by atoms with E-state index in [1.54, 1.807) is 4.68 Å². The van der Waals surface area contributed by atoms with Crippen LogP contribution < -0.4 is 5.32 Å². The molecule has 0 atom stereocenters. The number of thioether (sulfide) groups is 1. The summed E-state index contributed by atoms with van der Waals surface area (Å²) in [4.78, 5) is 29.3. The molecule has 2 aliphatic rings. The highest BCUT2D eigenvalue weighted by molar-refractivity contribution is 7.99. The van der Waals surface area contributed by atoms with Gasteiger partial charge in [0.05, 0.1) is 17.4 Å². The summed E-state index contributed by atoms with van der Waals surface area (Å²) < 4.78 is 1.80. The predicted octanol–water partition coefficient (Wildman–Crippen LogP) is 4.40. The van der Waals surface area contributed by atoms with Gasteiger partial charge in [-0.3, -0.25) is 9.59 Å². The van der Waals surface area contributed by atoms with Crippen LogP contribution in [0.5, 0.6) is 0 Å². The summed E-state index contributed by atoms with van der Waals surface area (Å²) in [6, 6.07) is 10.4. The number of carbonyl (C=O) groups is 2. The van der Waals surface area contributed by atoms with Crippen LogP contribution in [0.2, 0.25) is 0 Å². The molecule has 0 radical (unpaired) electrons. The lowest BCUT2D eigenvalue weighted by molar-refractivity contribution is -0.113. The van der Waals surface area contributed by atoms with Gasteiger partial charge in [-0.25, -0.2) is 4.68 Å². The maximum atomic E-state index is 13.5. The van der Waals surface area contributed by atoms with E-state index in [1.807, 2.05) is 42.2 Å². The lowest BCUT2D eigenvalue weighted by Crippen LogP contribution is -2.36. The first-order valence-corrected chi connectivity index (χ1v) is 13.1. The van der Waals surface area contributed by atoms with Crippen molar-refractivity contribution in [1.82, 2.24) is 25.1 Å². The van der Waals surface area contributed by atoms with Crippen LogP contribution in [0.15, 0.2) is 35.5 Å². The first-order chi connectivity index (χ1) is 16.1. The van der Waals surface area contributed by atoms with Crippen LogP contribution in [0.3, 0.4) is 0 Å². The predicted molar refractivity (Wildman–Crippen MR) is 130 cm³/mol. The number of tetrazole rings is 1. The number of rotatable bonds is 7. The minimum atomic E-state index is -0.168. The number of amides is 2. The first kappa shape index (κ1) is 22.1. The van der Waals surface area contributed by atoms with Crippen LogP contribution in [-0.2, 0) is 4.79 Å². The van der Waals surface area contributed by atoms with Gasteiger partial charge in [-0.15, -0.1) is 16.4 Å². The van der Waals surface area contributed by atoms with E-state index in [9.17, 15) is 9.59 Å². The molecule has 1 N–H and O–H groups in total. The molecule has 33 heavy (non-hydrogen) atoms. The fourth-order valence-electron chi connectivity index (χ4n) is 4.10. The average Bonchev–Trinajstić information content (AvgIpc) is 3.49. The van der Waals surface area contributed by atoms with E-state index in [2.05, 4.69) is 20.8 Å². The Bertz CT molecular complexity index is 1150. The van der Waals surface area contributed by atoms with Gasteiger partial charge in [0.2, 0.25) is 11.1 Å². The molecule has 0 bridgehead atoms. The molecule has 3 heterocycles. The summed E-state index contributed by atoms with van der Waals surface area (Å²) in [5, 5.41) is 16.1. The highest BCUT2D eigenvalue weighted by atomic mass is 32.2. The van der Waals surface area contributed by atoms with E-state index in [0.29, 0.717) is 21.8 Å². The van der Waals surface area contributed by atoms with Crippen LogP contribution in [0.25, 0.3) is 10.4 Å². The van der Waals surface area contributed by atoms with Gasteiger partial charge in [0.25, 0.3) is 5.91 Å². The summed E-state index contributed by atoms with van der Waals surface area (Å²) in [6.07, 6.45) is 5.35. The molecule has 1 saturated carbocycles. The number of thiophene rings is 1. The lowest BCUT2D eigenvalue weighted by Gasteiger charge is -2.27. The SMILES string of the molecule is Cc1c(-c2ccccc2)sc(NC(=O)CSc2nnnn2C2CC2)c1C(=O)N1CCCCC1. The number of carbonyl (C=O) groups excluding carboxylic acids is 2. The molecular formula is C23H26N6O2S2. The van der Waals surface area contributed by atoms with Crippen molar-refractivity contribution in [3.8, 4) is 10.4 Å². The van der Waals surface area contributed by atoms with Crippen molar-refractivity contribution in [3.63, 3.8) is 0 Å². The number of hydrogen-bond acceptors (Lipinski definition) is 7. The zero-order valence-electron chi connectivity index (χ0n) is 18.5. The topological polar surface area (TPSA) is 93.0 Å². The standard InChI is InChI=1S/C23H26N6O2S2/c1-15-19(22(31)28-12-6-3-7-13-28)21(33-20(15)16-8-4-2-5-9-16)24-18(30)14-32-23-25-26-27-29(23)17-10-11-17/h2,4-5,8-9,17H,3,6-7,10-14H2,1H3,(H,24,30). The Balaban J connectivity index is 1.38. The fourth-order valence-corrected chi connectivity index (χ4v) is 6.07. The number of aromatic nitrogens is 4. The quantitative estimate of drug-likeness (QED) is 0.502. The second kappa shape index (κ2) is 9.64. The summed E-state index contributed by atoms with van der Waals surface area (Å²) in [7, 11) is 0. The molecule has 8 nitrogen and oxygen atoms in total. The van der Waals surface area contributed by atoms with Gasteiger partial charge in [0.15, 0.2) is 0 Å². The first-order valence-electron chi connectivity index (χ1n) is 11.3. The van der Waals surface area contributed by atoms with Crippen LogP contribution in [0.4, 0.5) is 5.00 Å². The minimum absolute atomic E-state index is 0.00580. The highest BCUT2D eigenvalue weighted by Gasteiger charge is 2.29. The number of hydrogen-bond donors (Lipinski definition) is 1. The molecule has 0 unspecified atom stereocenters. The van der Waals surface area contributed by atoms with Gasteiger partial charge in [0.1, 0.15) is 5.00 Å². The molecule has 10 heteroatoms. The molecule has 2 fully saturated rings. The van der Waals surface area contributed by atoms with E-state index < -0.39 is 0 Å². The molecule has 3 aromatic rings. The van der Waals surface area contributed by atoms with E-state index in [0.717, 1.165) is 61.2 Å². The Hall–Kier alpha value is -2.72. The maximum Gasteiger partial charge on any atom is 0.257 e. The Morgan fingerprint density at radius 1 is 1.15 bits per heavy atom. The third kappa shape index (κ3) is 4.81. The number of nitrogens with zero attached hydrogens (tertiary/aromatic N) is 5. The summed E-state index contributed by atoms with van der Waals surface area (Å²) >= 11 is 2.79. The van der Waals surface area contributed by atoms with E-state index >= 15 is 0 Å². The number of anilines is 1. The molecule has 0 spiro atoms. The Morgan fingerprint density at radius 2 is 1.91 bits per heavy atom. The van der Waals surface area contributed by atoms with Crippen molar-refractivity contribution in [1.29, 1.82) is 0 Å². The second-order valence-electron chi connectivity index (χ2n) is 8.45. The molecule has 1 aromatic carbocycles. The maximum absolute atomic E-state index is 13.5. The zero-order valence-corrected chi connectivity index (χ0v) is 20.1. The summed E-state index contributed by atoms with van der Waals surface area (Å²) in [5.41, 5.74) is 2.58. The molecular weight excluding hydrogens is 456 g/mol. The summed E-state index contributed by atoms with van der Waals surface area (Å²) in [6.45, 7) is 3.51. The van der Waals surface area contributed by atoms with Gasteiger partial charge in [-0.05, 0) is 60.6 Å². The third-order valence-corrected chi connectivity index (χ3v) is 8.17. The van der Waals surface area contributed by atoms with Gasteiger partial charge in [-0.2, -0.15) is 0 Å². The number of nitrogens with one attached hydrogen (secondary N) is 1. The molecule has 172 valence electrons. The summed E-state index contributed by atoms with van der Waals surface area (Å²) in [5.74, 6) is 0.0207. The van der Waals surface area contributed by atoms with Crippen molar-refractivity contribution in [2.45, 2.75) is 50.2 Å². The molecule has 5 rings (SSSR count). The van der Waals surface area contributed by atoms with E-state index in [4.69, 9.17) is 0 Å². The van der Waals surface area contributed by atoms with Crippen LogP contribution in [-0.4, -0.2) is 55.8 Å². The normalized spacial score (nSPS) is 16.1. The molecule has 2 aromatic heterocycles. The number of likely N-dealkylation sites (tertiary alicyclic amines) is 1. The average molecular weight is 483 g/mol. The minimum Gasteiger partial charge on any atom is -0.339 e. The number of benzene rings is 1. The van der Waals surface area contributed by atoms with Crippen LogP contribution in [0.1, 0.15) is 54.1 Å². The monoisotopic (exact) mass is 482 g/mol. The number of piperidine rings is 1. The van der Waals surface area contributed by atoms with Crippen molar-refractivity contribution in [2.24, 2.45) is 0 Å². The van der Waals surface area contributed by atoms with Gasteiger partial charge in [-0.1, -0.05) is 42.1 Å². The van der Waals surface area contributed by atoms with Gasteiger partial charge in [0, 0.05) is 18.0 Å². The van der Waals surface area contributed by atoms with Crippen molar-refractivity contribution in [3.05, 3.63) is 41.5 Å². The Kier molecular flexibility index (Phi) is 6.45. The van der Waals surface area contributed by atoms with Crippen LogP contribution >= 0.6 is 23.1 Å². The van der Waals surface area contributed by atoms with E-state index in [-0.39, 0.29) is 17.6 Å². The largest absolute Gasteiger partial charge is 0.339 e. The van der Waals surface area contributed by atoms with Gasteiger partial charge < -0.3 is 10.2 Å². The zero-order chi connectivity index (χ0) is 22.8. The van der Waals surface area contributed by atoms with Crippen molar-refractivity contribution in [2.75, 3.05) is 24.2 Å².